The molecule has 0 unspecified atom stereocenters. The summed E-state index contributed by atoms with van der Waals surface area (Å²) >= 11 is 0. The van der Waals surface area contributed by atoms with E-state index < -0.39 is 0 Å². The predicted molar refractivity (Wildman–Crippen MR) is 86.7 cm³/mol. The van der Waals surface area contributed by atoms with Gasteiger partial charge in [-0.15, -0.1) is 0 Å². The molecule has 0 bridgehead atoms. The second kappa shape index (κ2) is 5.64. The number of aryl methyl sites for hydroxylation is 1. The first-order valence-electron chi connectivity index (χ1n) is 8.53. The van der Waals surface area contributed by atoms with E-state index >= 15 is 0 Å². The number of rotatable bonds is 2. The van der Waals surface area contributed by atoms with Gasteiger partial charge in [0.05, 0.1) is 0 Å². The first kappa shape index (κ1) is 14.7. The molecule has 3 aliphatic heterocycles. The lowest BCUT2D eigenvalue weighted by Crippen LogP contribution is -2.68. The van der Waals surface area contributed by atoms with Crippen LogP contribution >= 0.6 is 0 Å². The number of amides is 2. The summed E-state index contributed by atoms with van der Waals surface area (Å²) in [6.07, 6.45) is 1.79. The van der Waals surface area contributed by atoms with Crippen molar-refractivity contribution in [2.75, 3.05) is 26.2 Å². The zero-order valence-electron chi connectivity index (χ0n) is 13.6. The molecular formula is C18H23N3O2. The van der Waals surface area contributed by atoms with E-state index in [1.807, 2.05) is 15.9 Å². The molecule has 3 aliphatic rings. The van der Waals surface area contributed by atoms with Crippen LogP contribution in [0.4, 0.5) is 0 Å². The Morgan fingerprint density at radius 3 is 2.57 bits per heavy atom. The van der Waals surface area contributed by atoms with Gasteiger partial charge in [0.1, 0.15) is 12.1 Å². The Morgan fingerprint density at radius 2 is 1.74 bits per heavy atom. The molecular weight excluding hydrogens is 290 g/mol. The molecule has 3 heterocycles. The lowest BCUT2D eigenvalue weighted by Gasteiger charge is -2.47. The molecule has 3 fully saturated rings. The van der Waals surface area contributed by atoms with Gasteiger partial charge in [-0.2, -0.15) is 0 Å². The average Bonchev–Trinajstić information content (AvgIpc) is 3.05. The van der Waals surface area contributed by atoms with Crippen LogP contribution in [-0.2, 0) is 16.1 Å². The first-order valence-corrected chi connectivity index (χ1v) is 8.53. The molecule has 23 heavy (non-hydrogen) atoms. The fourth-order valence-electron chi connectivity index (χ4n) is 4.16. The largest absolute Gasteiger partial charge is 0.329 e. The van der Waals surface area contributed by atoms with E-state index in [2.05, 4.69) is 30.0 Å². The van der Waals surface area contributed by atoms with Crippen LogP contribution in [0.15, 0.2) is 24.3 Å². The summed E-state index contributed by atoms with van der Waals surface area (Å²) in [5.41, 5.74) is 2.58. The Hall–Kier alpha value is -1.88. The number of fused-ring (bicyclic) bond motifs is 2. The average molecular weight is 313 g/mol. The zero-order chi connectivity index (χ0) is 16.0. The number of carbonyl (C=O) groups is 2. The van der Waals surface area contributed by atoms with Crippen molar-refractivity contribution in [1.82, 2.24) is 14.7 Å². The topological polar surface area (TPSA) is 43.9 Å². The van der Waals surface area contributed by atoms with Gasteiger partial charge in [0.25, 0.3) is 0 Å². The fourth-order valence-corrected chi connectivity index (χ4v) is 4.16. The Labute approximate surface area is 136 Å². The van der Waals surface area contributed by atoms with Crippen LogP contribution in [0, 0.1) is 6.92 Å². The number of hydrogen-bond acceptors (Lipinski definition) is 3. The highest BCUT2D eigenvalue weighted by Crippen LogP contribution is 2.29. The Bertz CT molecular complexity index is 645. The van der Waals surface area contributed by atoms with Crippen LogP contribution in [0.3, 0.4) is 0 Å². The van der Waals surface area contributed by atoms with Crippen molar-refractivity contribution in [2.24, 2.45) is 0 Å². The monoisotopic (exact) mass is 313 g/mol. The Balaban J connectivity index is 1.51. The lowest BCUT2D eigenvalue weighted by atomic mass is 10.0. The highest BCUT2D eigenvalue weighted by atomic mass is 16.2. The molecule has 0 spiro atoms. The Morgan fingerprint density at radius 1 is 1.00 bits per heavy atom. The van der Waals surface area contributed by atoms with Crippen LogP contribution in [0.2, 0.25) is 0 Å². The molecule has 5 nitrogen and oxygen atoms in total. The molecule has 5 heteroatoms. The van der Waals surface area contributed by atoms with Crippen molar-refractivity contribution < 1.29 is 9.59 Å². The molecule has 1 aromatic carbocycles. The molecule has 122 valence electrons. The van der Waals surface area contributed by atoms with Crippen molar-refractivity contribution in [3.05, 3.63) is 35.4 Å². The maximum absolute atomic E-state index is 12.8. The van der Waals surface area contributed by atoms with Gasteiger partial charge in [0, 0.05) is 32.7 Å². The minimum Gasteiger partial charge on any atom is -0.329 e. The summed E-state index contributed by atoms with van der Waals surface area (Å²) in [4.78, 5) is 31.3. The maximum Gasteiger partial charge on any atom is 0.247 e. The van der Waals surface area contributed by atoms with Gasteiger partial charge in [0.2, 0.25) is 11.8 Å². The van der Waals surface area contributed by atoms with Crippen molar-refractivity contribution >= 4 is 11.8 Å². The standard InChI is InChI=1S/C18H23N3O2/c1-13-5-2-3-6-14(13)11-19-9-10-21-16(12-19)18(23)20-8-4-7-15(20)17(21)22/h2-3,5-6,15-16H,4,7-12H2,1H3/t15-,16+/m0/s1. The molecule has 0 radical (unpaired) electrons. The summed E-state index contributed by atoms with van der Waals surface area (Å²) in [5, 5.41) is 0. The van der Waals surface area contributed by atoms with Crippen molar-refractivity contribution in [2.45, 2.75) is 38.4 Å². The number of benzene rings is 1. The van der Waals surface area contributed by atoms with E-state index in [0.717, 1.165) is 32.5 Å². The van der Waals surface area contributed by atoms with Crippen LogP contribution in [-0.4, -0.2) is 64.8 Å². The number of hydrogen-bond donors (Lipinski definition) is 0. The van der Waals surface area contributed by atoms with Gasteiger partial charge >= 0.3 is 0 Å². The molecule has 2 atom stereocenters. The minimum absolute atomic E-state index is 0.154. The summed E-state index contributed by atoms with van der Waals surface area (Å²) in [7, 11) is 0. The van der Waals surface area contributed by atoms with E-state index in [-0.39, 0.29) is 23.9 Å². The van der Waals surface area contributed by atoms with E-state index in [4.69, 9.17) is 0 Å². The first-order chi connectivity index (χ1) is 11.1. The van der Waals surface area contributed by atoms with E-state index in [0.29, 0.717) is 13.1 Å². The summed E-state index contributed by atoms with van der Waals surface area (Å²) < 4.78 is 0. The van der Waals surface area contributed by atoms with E-state index in [1.54, 1.807) is 0 Å². The van der Waals surface area contributed by atoms with Crippen LogP contribution in [0.5, 0.6) is 0 Å². The molecule has 0 saturated carbocycles. The molecule has 0 aromatic heterocycles. The van der Waals surface area contributed by atoms with Gasteiger partial charge in [-0.05, 0) is 30.9 Å². The lowest BCUT2D eigenvalue weighted by molar-refractivity contribution is -0.163. The quantitative estimate of drug-likeness (QED) is 0.818. The third kappa shape index (κ3) is 2.43. The smallest absolute Gasteiger partial charge is 0.247 e. The molecule has 0 N–H and O–H groups in total. The molecule has 0 aliphatic carbocycles. The van der Waals surface area contributed by atoms with Gasteiger partial charge in [-0.1, -0.05) is 24.3 Å². The third-order valence-corrected chi connectivity index (χ3v) is 5.51. The van der Waals surface area contributed by atoms with E-state index in [9.17, 15) is 9.59 Å². The van der Waals surface area contributed by atoms with Gasteiger partial charge < -0.3 is 9.80 Å². The summed E-state index contributed by atoms with van der Waals surface area (Å²) in [6.45, 7) is 5.89. The van der Waals surface area contributed by atoms with Gasteiger partial charge in [-0.25, -0.2) is 0 Å². The maximum atomic E-state index is 12.8. The van der Waals surface area contributed by atoms with Gasteiger partial charge in [0.15, 0.2) is 0 Å². The SMILES string of the molecule is Cc1ccccc1CN1CCN2C(=O)[C@@H]3CCCN3C(=O)[C@H]2C1. The number of piperazine rings is 2. The van der Waals surface area contributed by atoms with E-state index in [1.165, 1.54) is 11.1 Å². The number of carbonyl (C=O) groups excluding carboxylic acids is 2. The highest BCUT2D eigenvalue weighted by molar-refractivity contribution is 5.97. The fraction of sp³-hybridized carbons (Fsp3) is 0.556. The zero-order valence-corrected chi connectivity index (χ0v) is 13.6. The predicted octanol–water partition coefficient (Wildman–Crippen LogP) is 1.01. The second-order valence-corrected chi connectivity index (χ2v) is 6.90. The molecule has 1 aromatic rings. The van der Waals surface area contributed by atoms with Crippen LogP contribution < -0.4 is 0 Å². The normalized spacial score (nSPS) is 28.0. The van der Waals surface area contributed by atoms with Crippen molar-refractivity contribution in [3.8, 4) is 0 Å². The molecule has 2 amide bonds. The van der Waals surface area contributed by atoms with Crippen LogP contribution in [0.1, 0.15) is 24.0 Å². The van der Waals surface area contributed by atoms with Crippen LogP contribution in [0.25, 0.3) is 0 Å². The van der Waals surface area contributed by atoms with Crippen molar-refractivity contribution in [3.63, 3.8) is 0 Å². The number of nitrogens with zero attached hydrogens (tertiary/aromatic N) is 3. The highest BCUT2D eigenvalue weighted by Gasteiger charge is 2.49. The minimum atomic E-state index is -0.283. The summed E-state index contributed by atoms with van der Waals surface area (Å²) in [6, 6.07) is 7.91. The Kier molecular flexibility index (Phi) is 3.60. The summed E-state index contributed by atoms with van der Waals surface area (Å²) in [5.74, 6) is 0.323. The molecule has 3 saturated heterocycles. The second-order valence-electron chi connectivity index (χ2n) is 6.90. The third-order valence-electron chi connectivity index (χ3n) is 5.51. The molecule has 4 rings (SSSR count). The van der Waals surface area contributed by atoms with Crippen molar-refractivity contribution in [1.29, 1.82) is 0 Å². The van der Waals surface area contributed by atoms with Gasteiger partial charge in [-0.3, -0.25) is 14.5 Å².